The number of ether oxygens (including phenoxy) is 2. The lowest BCUT2D eigenvalue weighted by Crippen LogP contribution is -2.43. The van der Waals surface area contributed by atoms with Crippen LogP contribution >= 0.6 is 11.3 Å². The van der Waals surface area contributed by atoms with Crippen LogP contribution in [0.15, 0.2) is 40.3 Å². The molecule has 0 aromatic carbocycles. The maximum Gasteiger partial charge on any atom is 0.219 e. The smallest absolute Gasteiger partial charge is 0.219 e. The number of hydrogen-bond acceptors (Lipinski definition) is 15. The fourth-order valence-corrected chi connectivity index (χ4v) is 8.93. The predicted molar refractivity (Wildman–Crippen MR) is 194 cm³/mol. The SMILES string of the molecule is C[C@H](Oc1cc(N=CC=C(N)/C(N)=C/N(N)[C@H]2CCOC2)nc(C(N)=C2CCC[C@@]3(CCCc4sc(N)c(C#N)c43)C2=O)n1)[C@@H]1CCCN1C. The van der Waals surface area contributed by atoms with Crippen LogP contribution in [0.4, 0.5) is 10.8 Å². The van der Waals surface area contributed by atoms with Gasteiger partial charge in [0.2, 0.25) is 5.88 Å². The summed E-state index contributed by atoms with van der Waals surface area (Å²) in [6.45, 7) is 4.19. The van der Waals surface area contributed by atoms with E-state index in [9.17, 15) is 10.1 Å². The largest absolute Gasteiger partial charge is 0.473 e. The number of rotatable bonds is 9. The normalized spacial score (nSPS) is 26.3. The van der Waals surface area contributed by atoms with E-state index in [1.165, 1.54) is 22.6 Å². The molecule has 0 bridgehead atoms. The van der Waals surface area contributed by atoms with Crippen molar-refractivity contribution in [3.8, 4) is 11.9 Å². The standard InChI is InChI=1S/C35H47N11O3S/c1-20(26-7-5-14-45(26)2)49-29-16-28(42-13-9-24(37)25(38)18-46(41)21-10-15-48-19-21)43-34(44-29)31(39)22-6-3-11-35(32(22)47)12-4-8-27-30(35)23(17-36)33(40)50-27/h9,13,16,18,20-21,26H,3-8,10-12,14-15,19,37-41H2,1-2H3/b24-9?,25-18-,31-22?,42-13?/t20-,21-,26-,35-/m0/s1. The maximum absolute atomic E-state index is 14.5. The van der Waals surface area contributed by atoms with Crippen molar-refractivity contribution in [3.05, 3.63) is 57.1 Å². The van der Waals surface area contributed by atoms with Crippen molar-refractivity contribution in [2.45, 2.75) is 88.3 Å². The lowest BCUT2D eigenvalue weighted by molar-refractivity contribution is -0.122. The predicted octanol–water partition coefficient (Wildman–Crippen LogP) is 2.86. The molecular weight excluding hydrogens is 655 g/mol. The Bertz CT molecular complexity index is 1790. The molecule has 50 heavy (non-hydrogen) atoms. The van der Waals surface area contributed by atoms with Gasteiger partial charge in [0.15, 0.2) is 17.4 Å². The average molecular weight is 702 g/mol. The number of carbonyl (C=O) groups is 1. The van der Waals surface area contributed by atoms with E-state index in [2.05, 4.69) is 28.0 Å². The van der Waals surface area contributed by atoms with Crippen molar-refractivity contribution in [2.75, 3.05) is 32.5 Å². The Kier molecular flexibility index (Phi) is 10.4. The van der Waals surface area contributed by atoms with E-state index >= 15 is 0 Å². The highest BCUT2D eigenvalue weighted by atomic mass is 32.1. The van der Waals surface area contributed by atoms with Crippen LogP contribution in [0.1, 0.15) is 80.1 Å². The van der Waals surface area contributed by atoms with Crippen LogP contribution in [0.3, 0.4) is 0 Å². The molecule has 2 aromatic heterocycles. The van der Waals surface area contributed by atoms with Gasteiger partial charge < -0.3 is 37.4 Å². The first-order valence-electron chi connectivity index (χ1n) is 17.2. The molecule has 2 aliphatic heterocycles. The molecule has 2 aliphatic carbocycles. The van der Waals surface area contributed by atoms with Gasteiger partial charge in [0, 0.05) is 41.6 Å². The van der Waals surface area contributed by atoms with E-state index in [0.29, 0.717) is 54.5 Å². The van der Waals surface area contributed by atoms with Crippen molar-refractivity contribution < 1.29 is 14.3 Å². The van der Waals surface area contributed by atoms with Gasteiger partial charge in [-0.05, 0) is 89.9 Å². The zero-order valence-corrected chi connectivity index (χ0v) is 29.5. The topological polar surface area (TPSA) is 234 Å². The quantitative estimate of drug-likeness (QED) is 0.0833. The van der Waals surface area contributed by atoms with Gasteiger partial charge in [-0.2, -0.15) is 10.2 Å². The molecule has 0 amide bonds. The Morgan fingerprint density at radius 1 is 1.22 bits per heavy atom. The Balaban J connectivity index is 1.33. The number of hydrogen-bond donors (Lipinski definition) is 5. The number of ketones is 1. The van der Waals surface area contributed by atoms with E-state index in [0.717, 1.165) is 55.5 Å². The summed E-state index contributed by atoms with van der Waals surface area (Å²) in [6, 6.07) is 4.16. The number of likely N-dealkylation sites (N-methyl/N-ethyl adjacent to an activating group) is 1. The number of nitrogens with zero attached hydrogens (tertiary/aromatic N) is 6. The van der Waals surface area contributed by atoms with Crippen LogP contribution in [0, 0.1) is 11.3 Å². The molecule has 14 nitrogen and oxygen atoms in total. The van der Waals surface area contributed by atoms with Crippen molar-refractivity contribution in [2.24, 2.45) is 28.0 Å². The summed E-state index contributed by atoms with van der Waals surface area (Å²) in [7, 11) is 2.09. The third-order valence-electron chi connectivity index (χ3n) is 10.4. The summed E-state index contributed by atoms with van der Waals surface area (Å²) >= 11 is 1.41. The molecular formula is C35H47N11O3S. The molecule has 2 aromatic rings. The molecule has 4 aliphatic rings. The molecule has 15 heteroatoms. The number of Topliss-reactive ketones (excluding diaryl/α,β-unsaturated/α-hetero) is 1. The van der Waals surface area contributed by atoms with Crippen LogP contribution < -0.4 is 33.5 Å². The van der Waals surface area contributed by atoms with Gasteiger partial charge in [-0.1, -0.05) is 0 Å². The average Bonchev–Trinajstić information content (AvgIpc) is 3.86. The van der Waals surface area contributed by atoms with Crippen LogP contribution in [-0.2, 0) is 21.4 Å². The van der Waals surface area contributed by atoms with Crippen LogP contribution in [-0.4, -0.2) is 76.9 Å². The molecule has 266 valence electrons. The number of nitrogen functional groups attached to an aromatic ring is 1. The van der Waals surface area contributed by atoms with E-state index < -0.39 is 5.41 Å². The monoisotopic (exact) mass is 701 g/mol. The minimum atomic E-state index is -0.846. The van der Waals surface area contributed by atoms with Crippen LogP contribution in [0.2, 0.25) is 0 Å². The van der Waals surface area contributed by atoms with Crippen molar-refractivity contribution >= 4 is 39.9 Å². The number of aromatic nitrogens is 2. The zero-order valence-electron chi connectivity index (χ0n) is 28.7. The Morgan fingerprint density at radius 3 is 2.70 bits per heavy atom. The van der Waals surface area contributed by atoms with E-state index in [-0.39, 0.29) is 52.7 Å². The fraction of sp³-hybridized carbons (Fsp3) is 0.514. The molecule has 4 atom stereocenters. The summed E-state index contributed by atoms with van der Waals surface area (Å²) in [5, 5.41) is 12.0. The highest BCUT2D eigenvalue weighted by Crippen LogP contribution is 2.52. The van der Waals surface area contributed by atoms with Gasteiger partial charge in [-0.25, -0.2) is 15.8 Å². The number of hydrazine groups is 1. The number of carbonyl (C=O) groups excluding carboxylic acids is 1. The maximum atomic E-state index is 14.5. The molecule has 0 unspecified atom stereocenters. The first kappa shape index (κ1) is 35.3. The number of fused-ring (bicyclic) bond motifs is 2. The number of anilines is 1. The molecule has 2 saturated heterocycles. The third-order valence-corrected chi connectivity index (χ3v) is 11.5. The number of nitriles is 1. The van der Waals surface area contributed by atoms with Crippen molar-refractivity contribution in [3.63, 3.8) is 0 Å². The number of aliphatic imine (C=N–C) groups is 1. The molecule has 4 heterocycles. The van der Waals surface area contributed by atoms with Gasteiger partial charge in [0.1, 0.15) is 17.2 Å². The van der Waals surface area contributed by atoms with Crippen LogP contribution in [0.5, 0.6) is 5.88 Å². The van der Waals surface area contributed by atoms with E-state index in [1.807, 2.05) is 6.92 Å². The van der Waals surface area contributed by atoms with Crippen molar-refractivity contribution in [1.29, 1.82) is 5.26 Å². The second-order valence-corrected chi connectivity index (χ2v) is 14.7. The lowest BCUT2D eigenvalue weighted by atomic mass is 9.61. The lowest BCUT2D eigenvalue weighted by Gasteiger charge is -2.40. The molecule has 0 radical (unpaired) electrons. The number of thiophene rings is 1. The fourth-order valence-electron chi connectivity index (χ4n) is 7.76. The first-order valence-corrected chi connectivity index (χ1v) is 18.0. The number of likely N-dealkylation sites (tertiary alicyclic amines) is 1. The summed E-state index contributed by atoms with van der Waals surface area (Å²) in [5.41, 5.74) is 27.1. The summed E-state index contributed by atoms with van der Waals surface area (Å²) in [5.74, 6) is 6.76. The molecule has 6 rings (SSSR count). The van der Waals surface area contributed by atoms with E-state index in [4.69, 9.17) is 43.2 Å². The van der Waals surface area contributed by atoms with Gasteiger partial charge in [0.25, 0.3) is 0 Å². The summed E-state index contributed by atoms with van der Waals surface area (Å²) in [6.07, 6.45) is 11.4. The van der Waals surface area contributed by atoms with Gasteiger partial charge >= 0.3 is 0 Å². The molecule has 1 saturated carbocycles. The molecule has 3 fully saturated rings. The second kappa shape index (κ2) is 14.8. The van der Waals surface area contributed by atoms with Gasteiger partial charge in [0.05, 0.1) is 40.7 Å². The minimum absolute atomic E-state index is 0.0294. The summed E-state index contributed by atoms with van der Waals surface area (Å²) < 4.78 is 11.8. The van der Waals surface area contributed by atoms with Crippen LogP contribution in [0.25, 0.3) is 5.70 Å². The number of aryl methyl sites for hydroxylation is 1. The zero-order chi connectivity index (χ0) is 35.6. The minimum Gasteiger partial charge on any atom is -0.473 e. The third kappa shape index (κ3) is 6.93. The first-order chi connectivity index (χ1) is 24.0. The summed E-state index contributed by atoms with van der Waals surface area (Å²) in [4.78, 5) is 31.7. The van der Waals surface area contributed by atoms with Crippen molar-refractivity contribution in [1.82, 2.24) is 19.9 Å². The Hall–Kier alpha value is -4.49. The molecule has 10 N–H and O–H groups in total. The second-order valence-electron chi connectivity index (χ2n) is 13.6. The Morgan fingerprint density at radius 2 is 2.00 bits per heavy atom. The van der Waals surface area contributed by atoms with Gasteiger partial charge in [-0.3, -0.25) is 9.69 Å². The highest BCUT2D eigenvalue weighted by molar-refractivity contribution is 7.16. The Labute approximate surface area is 296 Å². The van der Waals surface area contributed by atoms with Gasteiger partial charge in [-0.15, -0.1) is 11.3 Å². The number of nitrogens with two attached hydrogens (primary N) is 5. The highest BCUT2D eigenvalue weighted by Gasteiger charge is 2.49. The number of allylic oxidation sites excluding steroid dienone is 2. The molecule has 1 spiro atoms. The van der Waals surface area contributed by atoms with E-state index in [1.54, 1.807) is 18.3 Å².